The lowest BCUT2D eigenvalue weighted by molar-refractivity contribution is 0.836. The highest BCUT2D eigenvalue weighted by atomic mass is 14.2. The van der Waals surface area contributed by atoms with Crippen molar-refractivity contribution in [2.75, 3.05) is 0 Å². The highest BCUT2D eigenvalue weighted by Crippen LogP contribution is 2.38. The van der Waals surface area contributed by atoms with Gasteiger partial charge >= 0.3 is 0 Å². The average Bonchev–Trinajstić information content (AvgIpc) is 2.74. The molecule has 0 radical (unpaired) electrons. The lowest BCUT2D eigenvalue weighted by Gasteiger charge is -2.23. The smallest absolute Gasteiger partial charge is 0.0222 e. The van der Waals surface area contributed by atoms with E-state index >= 15 is 0 Å². The van der Waals surface area contributed by atoms with Gasteiger partial charge in [0.15, 0.2) is 0 Å². The molecule has 0 N–H and O–H groups in total. The predicted molar refractivity (Wildman–Crippen MR) is 126 cm³/mol. The highest BCUT2D eigenvalue weighted by molar-refractivity contribution is 5.80. The first-order valence-corrected chi connectivity index (χ1v) is 11.3. The zero-order chi connectivity index (χ0) is 20.2. The third kappa shape index (κ3) is 5.96. The van der Waals surface area contributed by atoms with Crippen molar-refractivity contribution in [1.29, 1.82) is 0 Å². The van der Waals surface area contributed by atoms with Crippen LogP contribution in [-0.4, -0.2) is 0 Å². The summed E-state index contributed by atoms with van der Waals surface area (Å²) in [4.78, 5) is 0. The number of allylic oxidation sites excluding steroid dienone is 4. The molecule has 0 atom stereocenters. The van der Waals surface area contributed by atoms with Gasteiger partial charge < -0.3 is 0 Å². The van der Waals surface area contributed by atoms with Gasteiger partial charge in [0.1, 0.15) is 0 Å². The van der Waals surface area contributed by atoms with Crippen molar-refractivity contribution < 1.29 is 0 Å². The van der Waals surface area contributed by atoms with Crippen molar-refractivity contribution >= 4 is 11.1 Å². The van der Waals surface area contributed by atoms with Crippen LogP contribution >= 0.6 is 0 Å². The second kappa shape index (κ2) is 12.4. The SMILES string of the molecule is CCCC(/C(CCC)=C(/CCC)c1ccccc1)=C(\CCC)c1ccccc1. The summed E-state index contributed by atoms with van der Waals surface area (Å²) in [6.45, 7) is 9.25. The average molecular weight is 375 g/mol. The van der Waals surface area contributed by atoms with Crippen LogP contribution in [0.1, 0.15) is 90.2 Å². The zero-order valence-corrected chi connectivity index (χ0v) is 18.4. The number of rotatable bonds is 11. The second-order valence-electron chi connectivity index (χ2n) is 7.65. The molecule has 0 heteroatoms. The zero-order valence-electron chi connectivity index (χ0n) is 18.4. The number of benzene rings is 2. The fraction of sp³-hybridized carbons (Fsp3) is 0.429. The third-order valence-corrected chi connectivity index (χ3v) is 5.34. The van der Waals surface area contributed by atoms with E-state index in [9.17, 15) is 0 Å². The van der Waals surface area contributed by atoms with Crippen LogP contribution in [0.15, 0.2) is 71.8 Å². The topological polar surface area (TPSA) is 0 Å². The molecular weight excluding hydrogens is 336 g/mol. The molecule has 2 aromatic rings. The Morgan fingerprint density at radius 1 is 0.464 bits per heavy atom. The Balaban J connectivity index is 2.77. The molecule has 0 aromatic heterocycles. The third-order valence-electron chi connectivity index (χ3n) is 5.34. The minimum absolute atomic E-state index is 1.15. The predicted octanol–water partition coefficient (Wildman–Crippen LogP) is 9.09. The number of hydrogen-bond acceptors (Lipinski definition) is 0. The van der Waals surface area contributed by atoms with Gasteiger partial charge in [0.25, 0.3) is 0 Å². The van der Waals surface area contributed by atoms with Crippen LogP contribution in [0.5, 0.6) is 0 Å². The van der Waals surface area contributed by atoms with E-state index in [0.717, 1.165) is 12.8 Å². The Kier molecular flexibility index (Phi) is 9.83. The summed E-state index contributed by atoms with van der Waals surface area (Å²) in [5.74, 6) is 0. The van der Waals surface area contributed by atoms with E-state index in [1.807, 2.05) is 0 Å². The Bertz CT molecular complexity index is 680. The van der Waals surface area contributed by atoms with Crippen LogP contribution in [0.3, 0.4) is 0 Å². The summed E-state index contributed by atoms with van der Waals surface area (Å²) < 4.78 is 0. The first kappa shape index (κ1) is 22.2. The molecule has 0 unspecified atom stereocenters. The molecule has 28 heavy (non-hydrogen) atoms. The van der Waals surface area contributed by atoms with Gasteiger partial charge in [-0.1, -0.05) is 114 Å². The van der Waals surface area contributed by atoms with Crippen LogP contribution in [0.25, 0.3) is 11.1 Å². The maximum atomic E-state index is 2.32. The van der Waals surface area contributed by atoms with Crippen LogP contribution in [0, 0.1) is 0 Å². The molecule has 2 aromatic carbocycles. The van der Waals surface area contributed by atoms with Crippen molar-refractivity contribution in [2.45, 2.75) is 79.1 Å². The minimum atomic E-state index is 1.15. The van der Waals surface area contributed by atoms with E-state index in [1.165, 1.54) is 49.7 Å². The first-order chi connectivity index (χ1) is 13.8. The summed E-state index contributed by atoms with van der Waals surface area (Å²) in [5.41, 5.74) is 9.18. The monoisotopic (exact) mass is 374 g/mol. The van der Waals surface area contributed by atoms with Crippen LogP contribution in [0.2, 0.25) is 0 Å². The van der Waals surface area contributed by atoms with E-state index in [-0.39, 0.29) is 0 Å². The summed E-state index contributed by atoms with van der Waals surface area (Å²) >= 11 is 0. The standard InChI is InChI=1S/C28H38/c1-5-15-25(23-19-11-9-12-20-23)27(17-7-3)28(18-8-4)26(16-6-2)24-21-13-10-14-22-24/h9-14,19-22H,5-8,15-18H2,1-4H3/b27-25-,28-26-. The molecule has 0 aliphatic carbocycles. The summed E-state index contributed by atoms with van der Waals surface area (Å²) in [6.07, 6.45) is 9.39. The van der Waals surface area contributed by atoms with E-state index in [1.54, 1.807) is 22.3 Å². The summed E-state index contributed by atoms with van der Waals surface area (Å²) in [7, 11) is 0. The molecule has 150 valence electrons. The molecule has 0 amide bonds. The van der Waals surface area contributed by atoms with Gasteiger partial charge in [-0.3, -0.25) is 0 Å². The molecule has 0 spiro atoms. The second-order valence-corrected chi connectivity index (χ2v) is 7.65. The Labute approximate surface area is 173 Å². The lowest BCUT2D eigenvalue weighted by atomic mass is 9.82. The Morgan fingerprint density at radius 3 is 1.07 bits per heavy atom. The first-order valence-electron chi connectivity index (χ1n) is 11.3. The van der Waals surface area contributed by atoms with Crippen LogP contribution in [-0.2, 0) is 0 Å². The van der Waals surface area contributed by atoms with Gasteiger partial charge in [0.05, 0.1) is 0 Å². The Morgan fingerprint density at radius 2 is 0.786 bits per heavy atom. The fourth-order valence-electron chi connectivity index (χ4n) is 4.19. The van der Waals surface area contributed by atoms with Gasteiger partial charge in [-0.15, -0.1) is 0 Å². The molecule has 0 aliphatic rings. The van der Waals surface area contributed by atoms with E-state index in [0.29, 0.717) is 0 Å². The van der Waals surface area contributed by atoms with Gasteiger partial charge in [-0.05, 0) is 59.1 Å². The molecular formula is C28H38. The summed E-state index contributed by atoms with van der Waals surface area (Å²) in [5, 5.41) is 0. The van der Waals surface area contributed by atoms with Crippen molar-refractivity contribution in [1.82, 2.24) is 0 Å². The molecule has 0 heterocycles. The summed E-state index contributed by atoms with van der Waals surface area (Å²) in [6, 6.07) is 22.2. The van der Waals surface area contributed by atoms with Gasteiger partial charge in [-0.25, -0.2) is 0 Å². The highest BCUT2D eigenvalue weighted by Gasteiger charge is 2.17. The van der Waals surface area contributed by atoms with Crippen molar-refractivity contribution in [3.05, 3.63) is 82.9 Å². The number of hydrogen-bond donors (Lipinski definition) is 0. The van der Waals surface area contributed by atoms with Crippen molar-refractivity contribution in [2.24, 2.45) is 0 Å². The molecule has 0 aliphatic heterocycles. The molecule has 2 rings (SSSR count). The van der Waals surface area contributed by atoms with Crippen molar-refractivity contribution in [3.63, 3.8) is 0 Å². The van der Waals surface area contributed by atoms with Crippen LogP contribution < -0.4 is 0 Å². The Hall–Kier alpha value is -2.08. The van der Waals surface area contributed by atoms with Gasteiger partial charge in [0.2, 0.25) is 0 Å². The van der Waals surface area contributed by atoms with E-state index in [2.05, 4.69) is 88.4 Å². The minimum Gasteiger partial charge on any atom is -0.0651 e. The molecule has 0 saturated heterocycles. The molecule has 0 nitrogen and oxygen atoms in total. The molecule has 0 fully saturated rings. The maximum absolute atomic E-state index is 2.32. The lowest BCUT2D eigenvalue weighted by Crippen LogP contribution is -2.02. The van der Waals surface area contributed by atoms with E-state index < -0.39 is 0 Å². The normalized spacial score (nSPS) is 13.1. The van der Waals surface area contributed by atoms with Crippen molar-refractivity contribution in [3.8, 4) is 0 Å². The van der Waals surface area contributed by atoms with Gasteiger partial charge in [-0.2, -0.15) is 0 Å². The maximum Gasteiger partial charge on any atom is -0.0222 e. The molecule has 0 saturated carbocycles. The quantitative estimate of drug-likeness (QED) is 0.344. The van der Waals surface area contributed by atoms with E-state index in [4.69, 9.17) is 0 Å². The van der Waals surface area contributed by atoms with Crippen LogP contribution in [0.4, 0.5) is 0 Å². The van der Waals surface area contributed by atoms with Gasteiger partial charge in [0, 0.05) is 0 Å². The largest absolute Gasteiger partial charge is 0.0651 e. The fourth-order valence-corrected chi connectivity index (χ4v) is 4.19. The molecule has 0 bridgehead atoms.